The molecule has 1 saturated heterocycles. The molecule has 0 radical (unpaired) electrons. The number of hydrogen-bond donors (Lipinski definition) is 3. The highest BCUT2D eigenvalue weighted by atomic mass is 16.6. The molecule has 1 heterocycles. The highest BCUT2D eigenvalue weighted by Gasteiger charge is 2.32. The van der Waals surface area contributed by atoms with Gasteiger partial charge in [-0.2, -0.15) is 0 Å². The highest BCUT2D eigenvalue weighted by molar-refractivity contribution is 5.85. The molecular weight excluding hydrogens is 296 g/mol. The fourth-order valence-corrected chi connectivity index (χ4v) is 2.65. The average Bonchev–Trinajstić information content (AvgIpc) is 2.83. The maximum absolute atomic E-state index is 11.9. The quantitative estimate of drug-likeness (QED) is 0.793. The molecule has 6 nitrogen and oxygen atoms in total. The maximum Gasteiger partial charge on any atom is 0.412 e. The molecular formula is C17H26N2O4. The fraction of sp³-hybridized carbons (Fsp3) is 0.588. The summed E-state index contributed by atoms with van der Waals surface area (Å²) in [6.07, 6.45) is 0.655. The summed E-state index contributed by atoms with van der Waals surface area (Å²) < 4.78 is 10.6. The van der Waals surface area contributed by atoms with Crippen LogP contribution < -0.4 is 15.4 Å². The number of anilines is 1. The van der Waals surface area contributed by atoms with Crippen LogP contribution in [-0.2, 0) is 11.2 Å². The zero-order valence-corrected chi connectivity index (χ0v) is 14.2. The third-order valence-corrected chi connectivity index (χ3v) is 3.67. The standard InChI is InChI=1S/C17H26N2O4/c1-16(2,3)23-15(20)19-13-5-6-14(22-4)12(9-13)10-17(21)7-8-18-11-17/h5-6,9,18,21H,7-8,10-11H2,1-4H3,(H,19,20). The molecule has 0 aromatic heterocycles. The van der Waals surface area contributed by atoms with Crippen LogP contribution in [0.15, 0.2) is 18.2 Å². The van der Waals surface area contributed by atoms with Crippen LogP contribution in [0.5, 0.6) is 5.75 Å². The van der Waals surface area contributed by atoms with Gasteiger partial charge in [0.1, 0.15) is 11.4 Å². The third-order valence-electron chi connectivity index (χ3n) is 3.67. The molecule has 2 rings (SSSR count). The second kappa shape index (κ2) is 6.76. The van der Waals surface area contributed by atoms with E-state index in [1.54, 1.807) is 19.2 Å². The Morgan fingerprint density at radius 1 is 1.43 bits per heavy atom. The minimum atomic E-state index is -0.780. The second-order valence-corrected chi connectivity index (χ2v) is 6.98. The summed E-state index contributed by atoms with van der Waals surface area (Å²) in [7, 11) is 1.59. The first-order valence-corrected chi connectivity index (χ1v) is 7.81. The molecule has 1 amide bonds. The lowest BCUT2D eigenvalue weighted by atomic mass is 9.93. The Morgan fingerprint density at radius 3 is 2.74 bits per heavy atom. The summed E-state index contributed by atoms with van der Waals surface area (Å²) in [5, 5.41) is 16.4. The number of benzene rings is 1. The topological polar surface area (TPSA) is 79.8 Å². The number of amides is 1. The van der Waals surface area contributed by atoms with Crippen LogP contribution in [0.4, 0.5) is 10.5 Å². The van der Waals surface area contributed by atoms with Crippen molar-refractivity contribution in [1.82, 2.24) is 5.32 Å². The Hall–Kier alpha value is -1.79. The number of aliphatic hydroxyl groups is 1. The Kier molecular flexibility index (Phi) is 5.16. The third kappa shape index (κ3) is 5.11. The molecule has 1 atom stereocenters. The SMILES string of the molecule is COc1ccc(NC(=O)OC(C)(C)C)cc1CC1(O)CCNC1. The molecule has 1 fully saturated rings. The predicted molar refractivity (Wildman–Crippen MR) is 89.0 cm³/mol. The van der Waals surface area contributed by atoms with Crippen LogP contribution in [0, 0.1) is 0 Å². The molecule has 1 aromatic carbocycles. The number of nitrogens with one attached hydrogen (secondary N) is 2. The zero-order chi connectivity index (χ0) is 17.1. The van der Waals surface area contributed by atoms with Crippen LogP contribution in [0.25, 0.3) is 0 Å². The van der Waals surface area contributed by atoms with Crippen molar-refractivity contribution in [2.45, 2.75) is 44.8 Å². The van der Waals surface area contributed by atoms with Gasteiger partial charge in [-0.3, -0.25) is 5.32 Å². The number of hydrogen-bond acceptors (Lipinski definition) is 5. The molecule has 0 saturated carbocycles. The van der Waals surface area contributed by atoms with Gasteiger partial charge in [0.25, 0.3) is 0 Å². The van der Waals surface area contributed by atoms with Crippen molar-refractivity contribution in [1.29, 1.82) is 0 Å². The Bertz CT molecular complexity index is 560. The van der Waals surface area contributed by atoms with E-state index in [4.69, 9.17) is 9.47 Å². The van der Waals surface area contributed by atoms with Crippen molar-refractivity contribution in [2.75, 3.05) is 25.5 Å². The van der Waals surface area contributed by atoms with Gasteiger partial charge in [0.05, 0.1) is 12.7 Å². The average molecular weight is 322 g/mol. The predicted octanol–water partition coefficient (Wildman–Crippen LogP) is 2.31. The molecule has 1 unspecified atom stereocenters. The molecule has 3 N–H and O–H groups in total. The van der Waals surface area contributed by atoms with Crippen molar-refractivity contribution < 1.29 is 19.4 Å². The number of carbonyl (C=O) groups is 1. The summed E-state index contributed by atoms with van der Waals surface area (Å²) in [4.78, 5) is 11.9. The van der Waals surface area contributed by atoms with E-state index < -0.39 is 17.3 Å². The first-order valence-electron chi connectivity index (χ1n) is 7.81. The van der Waals surface area contributed by atoms with Crippen LogP contribution in [0.3, 0.4) is 0 Å². The number of methoxy groups -OCH3 is 1. The van der Waals surface area contributed by atoms with Crippen LogP contribution in [0.2, 0.25) is 0 Å². The van der Waals surface area contributed by atoms with Crippen molar-refractivity contribution in [3.8, 4) is 5.75 Å². The number of ether oxygens (including phenoxy) is 2. The molecule has 6 heteroatoms. The molecule has 1 aliphatic rings. The summed E-state index contributed by atoms with van der Waals surface area (Å²) in [6.45, 7) is 6.80. The first-order chi connectivity index (χ1) is 10.7. The van der Waals surface area contributed by atoms with E-state index in [2.05, 4.69) is 10.6 Å². The van der Waals surface area contributed by atoms with Gasteiger partial charge in [0.2, 0.25) is 0 Å². The molecule has 1 aromatic rings. The monoisotopic (exact) mass is 322 g/mol. The normalized spacial score (nSPS) is 21.1. The number of carbonyl (C=O) groups excluding carboxylic acids is 1. The molecule has 23 heavy (non-hydrogen) atoms. The minimum Gasteiger partial charge on any atom is -0.496 e. The summed E-state index contributed by atoms with van der Waals surface area (Å²) in [6, 6.07) is 5.36. The van der Waals surface area contributed by atoms with Crippen molar-refractivity contribution in [2.24, 2.45) is 0 Å². The Morgan fingerprint density at radius 2 is 2.17 bits per heavy atom. The van der Waals surface area contributed by atoms with Gasteiger partial charge in [0.15, 0.2) is 0 Å². The van der Waals surface area contributed by atoms with E-state index in [0.29, 0.717) is 30.8 Å². The molecule has 0 aliphatic carbocycles. The minimum absolute atomic E-state index is 0.465. The van der Waals surface area contributed by atoms with Gasteiger partial charge in [-0.15, -0.1) is 0 Å². The smallest absolute Gasteiger partial charge is 0.412 e. The number of rotatable bonds is 4. The summed E-state index contributed by atoms with van der Waals surface area (Å²) >= 11 is 0. The molecule has 1 aliphatic heterocycles. The van der Waals surface area contributed by atoms with Gasteiger partial charge in [-0.25, -0.2) is 4.79 Å². The van der Waals surface area contributed by atoms with Gasteiger partial charge >= 0.3 is 6.09 Å². The second-order valence-electron chi connectivity index (χ2n) is 6.98. The van der Waals surface area contributed by atoms with Crippen LogP contribution in [0.1, 0.15) is 32.8 Å². The first kappa shape index (κ1) is 17.6. The zero-order valence-electron chi connectivity index (χ0n) is 14.2. The van der Waals surface area contributed by atoms with Crippen molar-refractivity contribution >= 4 is 11.8 Å². The van der Waals surface area contributed by atoms with E-state index in [-0.39, 0.29) is 0 Å². The lowest BCUT2D eigenvalue weighted by Crippen LogP contribution is -2.34. The van der Waals surface area contributed by atoms with E-state index in [1.807, 2.05) is 26.8 Å². The Labute approximate surface area is 137 Å². The highest BCUT2D eigenvalue weighted by Crippen LogP contribution is 2.29. The van der Waals surface area contributed by atoms with Gasteiger partial charge in [-0.05, 0) is 57.5 Å². The van der Waals surface area contributed by atoms with Gasteiger partial charge in [0, 0.05) is 18.7 Å². The van der Waals surface area contributed by atoms with Gasteiger partial charge in [-0.1, -0.05) is 0 Å². The largest absolute Gasteiger partial charge is 0.496 e. The molecule has 0 spiro atoms. The molecule has 0 bridgehead atoms. The van der Waals surface area contributed by atoms with Crippen molar-refractivity contribution in [3.63, 3.8) is 0 Å². The molecule has 128 valence electrons. The maximum atomic E-state index is 11.9. The van der Waals surface area contributed by atoms with Gasteiger partial charge < -0.3 is 19.9 Å². The lowest BCUT2D eigenvalue weighted by molar-refractivity contribution is 0.0612. The van der Waals surface area contributed by atoms with Crippen LogP contribution >= 0.6 is 0 Å². The van der Waals surface area contributed by atoms with Crippen molar-refractivity contribution in [3.05, 3.63) is 23.8 Å². The van der Waals surface area contributed by atoms with E-state index in [0.717, 1.165) is 12.1 Å². The fourth-order valence-electron chi connectivity index (χ4n) is 2.65. The summed E-state index contributed by atoms with van der Waals surface area (Å²) in [5.41, 5.74) is 0.138. The van der Waals surface area contributed by atoms with E-state index in [9.17, 15) is 9.90 Å². The Balaban J connectivity index is 2.13. The lowest BCUT2D eigenvalue weighted by Gasteiger charge is -2.23. The number of β-amino-alcohol motifs (C(OH)–C–C–N with tert-alkyl or cyclic N) is 1. The van der Waals surface area contributed by atoms with Crippen LogP contribution in [-0.4, -0.2) is 42.6 Å². The van der Waals surface area contributed by atoms with E-state index >= 15 is 0 Å². The summed E-state index contributed by atoms with van der Waals surface area (Å²) in [5.74, 6) is 0.695. The van der Waals surface area contributed by atoms with E-state index in [1.165, 1.54) is 0 Å².